The van der Waals surface area contributed by atoms with E-state index in [4.69, 9.17) is 16.7 Å². The molecule has 3 N–H and O–H groups in total. The summed E-state index contributed by atoms with van der Waals surface area (Å²) in [7, 11) is 0. The molecule has 0 bridgehead atoms. The molecule has 1 aliphatic rings. The first-order valence-electron chi connectivity index (χ1n) is 10.1. The van der Waals surface area contributed by atoms with Crippen molar-refractivity contribution in [2.75, 3.05) is 10.6 Å². The van der Waals surface area contributed by atoms with Crippen LogP contribution in [0.15, 0.2) is 60.7 Å². The lowest BCUT2D eigenvalue weighted by Gasteiger charge is -2.09. The van der Waals surface area contributed by atoms with Crippen molar-refractivity contribution in [2.45, 2.75) is 25.8 Å². The number of aromatic nitrogens is 3. The minimum atomic E-state index is -1.23. The van der Waals surface area contributed by atoms with Gasteiger partial charge in [-0.3, -0.25) is 5.32 Å². The van der Waals surface area contributed by atoms with Gasteiger partial charge in [-0.1, -0.05) is 61.2 Å². The molecule has 0 atom stereocenters. The highest BCUT2D eigenvalue weighted by Gasteiger charge is 2.10. The SMILES string of the molecule is C1CC1.O=C(O)Nc1nc2cccc(-c3ccc(CNc4ccc(Cl)cc4F)cc3)n2n1. The molecule has 1 fully saturated rings. The molecule has 0 radical (unpaired) electrons. The van der Waals surface area contributed by atoms with Crippen LogP contribution in [0.2, 0.25) is 5.02 Å². The Labute approximate surface area is 188 Å². The summed E-state index contributed by atoms with van der Waals surface area (Å²) in [5, 5.41) is 18.6. The number of benzene rings is 2. The number of hydrogen-bond acceptors (Lipinski definition) is 4. The molecule has 0 aliphatic heterocycles. The number of nitrogens with one attached hydrogen (secondary N) is 2. The summed E-state index contributed by atoms with van der Waals surface area (Å²) in [6, 6.07) is 17.6. The lowest BCUT2D eigenvalue weighted by Crippen LogP contribution is -2.08. The Morgan fingerprint density at radius 2 is 1.84 bits per heavy atom. The van der Waals surface area contributed by atoms with Gasteiger partial charge >= 0.3 is 6.09 Å². The number of nitrogens with zero attached hydrogens (tertiary/aromatic N) is 3. The second kappa shape index (κ2) is 9.65. The van der Waals surface area contributed by atoms with E-state index < -0.39 is 11.9 Å². The Balaban J connectivity index is 0.000000754. The maximum Gasteiger partial charge on any atom is 0.411 e. The summed E-state index contributed by atoms with van der Waals surface area (Å²) in [6.07, 6.45) is 3.27. The molecule has 1 saturated carbocycles. The van der Waals surface area contributed by atoms with Gasteiger partial charge in [-0.2, -0.15) is 4.98 Å². The number of rotatable bonds is 5. The van der Waals surface area contributed by atoms with Crippen LogP contribution >= 0.6 is 11.6 Å². The van der Waals surface area contributed by atoms with Crippen molar-refractivity contribution in [1.29, 1.82) is 0 Å². The number of halogens is 2. The minimum Gasteiger partial charge on any atom is -0.465 e. The van der Waals surface area contributed by atoms with E-state index in [2.05, 4.69) is 20.7 Å². The Morgan fingerprint density at radius 3 is 2.50 bits per heavy atom. The standard InChI is InChI=1S/C20H15ClFN5O2.C3H6/c21-14-8-9-16(15(22)10-14)23-11-12-4-6-13(7-5-12)17-2-1-3-18-24-19(25-20(28)29)26-27(17)18;1-2-3-1/h1-10,23H,11H2,(H,25,26)(H,28,29);1-3H2. The van der Waals surface area contributed by atoms with Gasteiger partial charge in [0.25, 0.3) is 5.95 Å². The molecule has 9 heteroatoms. The number of fused-ring (bicyclic) bond motifs is 1. The summed E-state index contributed by atoms with van der Waals surface area (Å²) in [5.74, 6) is -0.395. The Morgan fingerprint density at radius 1 is 1.09 bits per heavy atom. The maximum atomic E-state index is 13.9. The molecule has 1 aliphatic carbocycles. The van der Waals surface area contributed by atoms with Gasteiger partial charge in [0.1, 0.15) is 5.82 Å². The summed E-state index contributed by atoms with van der Waals surface area (Å²) < 4.78 is 15.4. The van der Waals surface area contributed by atoms with Crippen LogP contribution in [0.1, 0.15) is 24.8 Å². The van der Waals surface area contributed by atoms with Crippen LogP contribution < -0.4 is 10.6 Å². The van der Waals surface area contributed by atoms with Gasteiger partial charge in [0.2, 0.25) is 0 Å². The zero-order valence-electron chi connectivity index (χ0n) is 17.1. The van der Waals surface area contributed by atoms with Crippen LogP contribution in [0, 0.1) is 5.82 Å². The van der Waals surface area contributed by atoms with Crippen molar-refractivity contribution in [3.8, 4) is 11.3 Å². The lowest BCUT2D eigenvalue weighted by atomic mass is 10.1. The highest BCUT2D eigenvalue weighted by atomic mass is 35.5. The second-order valence-electron chi connectivity index (χ2n) is 7.28. The smallest absolute Gasteiger partial charge is 0.411 e. The zero-order chi connectivity index (χ0) is 22.5. The van der Waals surface area contributed by atoms with E-state index in [0.29, 0.717) is 22.9 Å². The van der Waals surface area contributed by atoms with Crippen LogP contribution in [0.25, 0.3) is 16.9 Å². The van der Waals surface area contributed by atoms with Gasteiger partial charge in [0, 0.05) is 17.1 Å². The van der Waals surface area contributed by atoms with E-state index in [1.54, 1.807) is 22.7 Å². The summed E-state index contributed by atoms with van der Waals surface area (Å²) in [4.78, 5) is 14.9. The van der Waals surface area contributed by atoms with E-state index in [9.17, 15) is 9.18 Å². The summed E-state index contributed by atoms with van der Waals surface area (Å²) in [6.45, 7) is 0.443. The van der Waals surface area contributed by atoms with Crippen LogP contribution in [0.4, 0.5) is 20.8 Å². The third-order valence-electron chi connectivity index (χ3n) is 4.60. The van der Waals surface area contributed by atoms with E-state index in [1.807, 2.05) is 36.4 Å². The van der Waals surface area contributed by atoms with Crippen molar-refractivity contribution in [1.82, 2.24) is 14.6 Å². The predicted molar refractivity (Wildman–Crippen MR) is 123 cm³/mol. The third-order valence-corrected chi connectivity index (χ3v) is 4.83. The first-order chi connectivity index (χ1) is 15.5. The number of anilines is 2. The third kappa shape index (κ3) is 5.53. The van der Waals surface area contributed by atoms with Crippen LogP contribution in [-0.2, 0) is 6.54 Å². The minimum absolute atomic E-state index is 0.00996. The van der Waals surface area contributed by atoms with Crippen molar-refractivity contribution >= 4 is 35.0 Å². The highest BCUT2D eigenvalue weighted by molar-refractivity contribution is 6.30. The number of amides is 1. The largest absolute Gasteiger partial charge is 0.465 e. The van der Waals surface area contributed by atoms with Crippen LogP contribution in [-0.4, -0.2) is 25.8 Å². The van der Waals surface area contributed by atoms with Gasteiger partial charge in [0.15, 0.2) is 5.65 Å². The van der Waals surface area contributed by atoms with Crippen molar-refractivity contribution in [3.63, 3.8) is 0 Å². The van der Waals surface area contributed by atoms with E-state index in [0.717, 1.165) is 16.8 Å². The van der Waals surface area contributed by atoms with Gasteiger partial charge in [-0.25, -0.2) is 13.7 Å². The first kappa shape index (κ1) is 21.6. The number of carboxylic acid groups (broad SMARTS) is 1. The van der Waals surface area contributed by atoms with Gasteiger partial charge in [0.05, 0.1) is 11.4 Å². The molecule has 164 valence electrons. The highest BCUT2D eigenvalue weighted by Crippen LogP contribution is 2.23. The van der Waals surface area contributed by atoms with Gasteiger partial charge in [-0.05, 0) is 35.9 Å². The molecule has 0 spiro atoms. The average Bonchev–Trinajstić information content (AvgIpc) is 3.59. The molecule has 1 amide bonds. The quantitative estimate of drug-likeness (QED) is 0.341. The molecule has 7 nitrogen and oxygen atoms in total. The van der Waals surface area contributed by atoms with Crippen LogP contribution in [0.5, 0.6) is 0 Å². The fourth-order valence-electron chi connectivity index (χ4n) is 2.90. The van der Waals surface area contributed by atoms with Crippen molar-refractivity contribution in [2.24, 2.45) is 0 Å². The summed E-state index contributed by atoms with van der Waals surface area (Å²) in [5.41, 5.74) is 3.50. The monoisotopic (exact) mass is 453 g/mol. The molecule has 4 aromatic rings. The molecule has 32 heavy (non-hydrogen) atoms. The predicted octanol–water partition coefficient (Wildman–Crippen LogP) is 6.06. The molecule has 2 aromatic heterocycles. The molecule has 0 unspecified atom stereocenters. The van der Waals surface area contributed by atoms with E-state index >= 15 is 0 Å². The van der Waals surface area contributed by atoms with Gasteiger partial charge in [-0.15, -0.1) is 5.10 Å². The zero-order valence-corrected chi connectivity index (χ0v) is 17.8. The van der Waals surface area contributed by atoms with Crippen LogP contribution in [0.3, 0.4) is 0 Å². The topological polar surface area (TPSA) is 91.5 Å². The van der Waals surface area contributed by atoms with Crippen molar-refractivity contribution < 1.29 is 14.3 Å². The lowest BCUT2D eigenvalue weighted by molar-refractivity contribution is 0.209. The Bertz CT molecular complexity index is 1240. The molecule has 2 heterocycles. The second-order valence-corrected chi connectivity index (χ2v) is 7.72. The molecule has 0 saturated heterocycles. The van der Waals surface area contributed by atoms with E-state index in [1.165, 1.54) is 25.3 Å². The fraction of sp³-hybridized carbons (Fsp3) is 0.174. The summed E-state index contributed by atoms with van der Waals surface area (Å²) >= 11 is 5.77. The first-order valence-corrected chi connectivity index (χ1v) is 10.5. The number of pyridine rings is 1. The Kier molecular flexibility index (Phi) is 6.51. The molecule has 5 rings (SSSR count). The Hall–Kier alpha value is -3.65. The van der Waals surface area contributed by atoms with E-state index in [-0.39, 0.29) is 5.95 Å². The molecular formula is C23H21ClFN5O2. The molecular weight excluding hydrogens is 433 g/mol. The van der Waals surface area contributed by atoms with Crippen molar-refractivity contribution in [3.05, 3.63) is 77.1 Å². The fourth-order valence-corrected chi connectivity index (χ4v) is 3.05. The number of hydrogen-bond donors (Lipinski definition) is 3. The molecule has 2 aromatic carbocycles. The van der Waals surface area contributed by atoms with Gasteiger partial charge < -0.3 is 10.4 Å². The maximum absolute atomic E-state index is 13.9. The number of carbonyl (C=O) groups is 1. The average molecular weight is 454 g/mol. The normalized spacial score (nSPS) is 12.1.